The summed E-state index contributed by atoms with van der Waals surface area (Å²) in [4.78, 5) is 19.4. The fourth-order valence-corrected chi connectivity index (χ4v) is 2.32. The van der Waals surface area contributed by atoms with Gasteiger partial charge in [0, 0.05) is 30.7 Å². The van der Waals surface area contributed by atoms with Crippen LogP contribution in [0.25, 0.3) is 10.9 Å². The third-order valence-corrected chi connectivity index (χ3v) is 3.54. The van der Waals surface area contributed by atoms with Crippen molar-refractivity contribution < 1.29 is 4.79 Å². The van der Waals surface area contributed by atoms with E-state index in [2.05, 4.69) is 16.0 Å². The molecule has 0 saturated carbocycles. The number of fused-ring (bicyclic) bond motifs is 1. The van der Waals surface area contributed by atoms with Gasteiger partial charge in [0.15, 0.2) is 0 Å². The number of amides is 1. The molecule has 1 aromatic carbocycles. The molecule has 0 spiro atoms. The van der Waals surface area contributed by atoms with E-state index >= 15 is 0 Å². The maximum Gasteiger partial charge on any atom is 0.226 e. The number of aromatic amines is 1. The van der Waals surface area contributed by atoms with Crippen LogP contribution < -0.4 is 0 Å². The first-order valence-electron chi connectivity index (χ1n) is 7.01. The number of aromatic nitrogens is 1. The summed E-state index contributed by atoms with van der Waals surface area (Å²) >= 11 is 0. The molecule has 0 atom stereocenters. The number of H-pyrrole nitrogens is 1. The van der Waals surface area contributed by atoms with Gasteiger partial charge >= 0.3 is 0 Å². The Morgan fingerprint density at radius 3 is 2.65 bits per heavy atom. The molecular weight excluding hydrogens is 250 g/mol. The fraction of sp³-hybridized carbons (Fsp3) is 0.438. The van der Waals surface area contributed by atoms with Crippen molar-refractivity contribution in [2.45, 2.75) is 12.8 Å². The number of benzene rings is 1. The second-order valence-electron chi connectivity index (χ2n) is 5.51. The van der Waals surface area contributed by atoms with Crippen molar-refractivity contribution in [3.63, 3.8) is 0 Å². The number of nitrogens with zero attached hydrogens (tertiary/aromatic N) is 2. The molecule has 1 N–H and O–H groups in total. The van der Waals surface area contributed by atoms with Gasteiger partial charge in [0.2, 0.25) is 5.91 Å². The fourth-order valence-electron chi connectivity index (χ4n) is 2.32. The molecule has 1 amide bonds. The Hall–Kier alpha value is -1.81. The number of hydrogen-bond donors (Lipinski definition) is 1. The Kier molecular flexibility index (Phi) is 4.79. The van der Waals surface area contributed by atoms with Gasteiger partial charge in [0.25, 0.3) is 0 Å². The molecule has 0 radical (unpaired) electrons. The Morgan fingerprint density at radius 2 is 1.90 bits per heavy atom. The zero-order valence-corrected chi connectivity index (χ0v) is 12.5. The highest BCUT2D eigenvalue weighted by Crippen LogP contribution is 2.18. The van der Waals surface area contributed by atoms with E-state index in [0.29, 0.717) is 6.42 Å². The quantitative estimate of drug-likeness (QED) is 0.875. The topological polar surface area (TPSA) is 39.3 Å². The van der Waals surface area contributed by atoms with Gasteiger partial charge in [-0.3, -0.25) is 4.79 Å². The Morgan fingerprint density at radius 1 is 1.15 bits per heavy atom. The molecule has 2 rings (SSSR count). The van der Waals surface area contributed by atoms with E-state index in [1.54, 1.807) is 0 Å². The lowest BCUT2D eigenvalue weighted by Crippen LogP contribution is -2.30. The molecule has 2 aromatic rings. The Labute approximate surface area is 120 Å². The summed E-state index contributed by atoms with van der Waals surface area (Å²) in [5.41, 5.74) is 2.16. The number of rotatable bonds is 6. The van der Waals surface area contributed by atoms with Gasteiger partial charge in [0.1, 0.15) is 0 Å². The molecule has 1 aromatic heterocycles. The summed E-state index contributed by atoms with van der Waals surface area (Å²) in [7, 11) is 5.98. The van der Waals surface area contributed by atoms with Gasteiger partial charge in [-0.25, -0.2) is 0 Å². The van der Waals surface area contributed by atoms with Crippen LogP contribution in [0.1, 0.15) is 12.0 Å². The van der Waals surface area contributed by atoms with Crippen LogP contribution in [0.5, 0.6) is 0 Å². The maximum absolute atomic E-state index is 12.2. The van der Waals surface area contributed by atoms with E-state index in [0.717, 1.165) is 36.0 Å². The normalized spacial score (nSPS) is 11.2. The van der Waals surface area contributed by atoms with Crippen molar-refractivity contribution >= 4 is 16.8 Å². The van der Waals surface area contributed by atoms with Gasteiger partial charge in [0.05, 0.1) is 6.42 Å². The van der Waals surface area contributed by atoms with E-state index in [1.165, 1.54) is 0 Å². The van der Waals surface area contributed by atoms with Crippen molar-refractivity contribution in [2.24, 2.45) is 0 Å². The number of carbonyl (C=O) groups excluding carboxylic acids is 1. The average Bonchev–Trinajstić information content (AvgIpc) is 2.81. The Balaban J connectivity index is 1.94. The smallest absolute Gasteiger partial charge is 0.226 e. The first-order chi connectivity index (χ1) is 9.58. The highest BCUT2D eigenvalue weighted by atomic mass is 16.2. The number of hydrogen-bond acceptors (Lipinski definition) is 2. The van der Waals surface area contributed by atoms with Gasteiger partial charge < -0.3 is 14.8 Å². The second kappa shape index (κ2) is 6.57. The first kappa shape index (κ1) is 14.6. The van der Waals surface area contributed by atoms with Crippen LogP contribution in [0.15, 0.2) is 30.5 Å². The summed E-state index contributed by atoms with van der Waals surface area (Å²) in [5.74, 6) is 0.175. The third kappa shape index (κ3) is 3.61. The molecule has 0 aliphatic heterocycles. The summed E-state index contributed by atoms with van der Waals surface area (Å²) in [6, 6.07) is 8.09. The lowest BCUT2D eigenvalue weighted by atomic mass is 10.1. The van der Waals surface area contributed by atoms with Crippen molar-refractivity contribution in [2.75, 3.05) is 34.2 Å². The lowest BCUT2D eigenvalue weighted by Gasteiger charge is -2.18. The van der Waals surface area contributed by atoms with Crippen molar-refractivity contribution in [3.8, 4) is 0 Å². The first-order valence-corrected chi connectivity index (χ1v) is 7.01. The minimum Gasteiger partial charge on any atom is -0.361 e. The predicted octanol–water partition coefficient (Wildman–Crippen LogP) is 2.12. The number of para-hydroxylation sites is 1. The summed E-state index contributed by atoms with van der Waals surface area (Å²) in [5, 5.41) is 1.14. The van der Waals surface area contributed by atoms with E-state index in [4.69, 9.17) is 0 Å². The molecular formula is C16H23N3O. The van der Waals surface area contributed by atoms with Crippen LogP contribution in [0.4, 0.5) is 0 Å². The van der Waals surface area contributed by atoms with Crippen LogP contribution >= 0.6 is 0 Å². The van der Waals surface area contributed by atoms with Crippen LogP contribution in [0, 0.1) is 0 Å². The molecule has 0 unspecified atom stereocenters. The highest BCUT2D eigenvalue weighted by Gasteiger charge is 2.12. The van der Waals surface area contributed by atoms with E-state index < -0.39 is 0 Å². The third-order valence-electron chi connectivity index (χ3n) is 3.54. The molecule has 4 heteroatoms. The standard InChI is InChI=1S/C16H23N3O/c1-18(2)9-6-10-19(3)16(20)11-13-12-17-15-8-5-4-7-14(13)15/h4-5,7-8,12,17H,6,9-11H2,1-3H3. The van der Waals surface area contributed by atoms with E-state index in [1.807, 2.05) is 50.4 Å². The highest BCUT2D eigenvalue weighted by molar-refractivity contribution is 5.88. The number of carbonyl (C=O) groups is 1. The summed E-state index contributed by atoms with van der Waals surface area (Å²) in [6.07, 6.45) is 3.40. The van der Waals surface area contributed by atoms with Crippen molar-refractivity contribution in [1.82, 2.24) is 14.8 Å². The van der Waals surface area contributed by atoms with Gasteiger partial charge in [-0.05, 0) is 38.7 Å². The molecule has 0 fully saturated rings. The molecule has 1 heterocycles. The maximum atomic E-state index is 12.2. The zero-order chi connectivity index (χ0) is 14.5. The van der Waals surface area contributed by atoms with Gasteiger partial charge in [-0.15, -0.1) is 0 Å². The zero-order valence-electron chi connectivity index (χ0n) is 12.5. The molecule has 4 nitrogen and oxygen atoms in total. The largest absolute Gasteiger partial charge is 0.361 e. The summed E-state index contributed by atoms with van der Waals surface area (Å²) < 4.78 is 0. The van der Waals surface area contributed by atoms with Gasteiger partial charge in [-0.1, -0.05) is 18.2 Å². The minimum atomic E-state index is 0.175. The molecule has 0 aliphatic carbocycles. The van der Waals surface area contributed by atoms with Crippen LogP contribution in [0.2, 0.25) is 0 Å². The van der Waals surface area contributed by atoms with Crippen LogP contribution in [0.3, 0.4) is 0 Å². The average molecular weight is 273 g/mol. The van der Waals surface area contributed by atoms with Crippen LogP contribution in [-0.4, -0.2) is 54.9 Å². The SMILES string of the molecule is CN(C)CCCN(C)C(=O)Cc1c[nH]c2ccccc12. The van der Waals surface area contributed by atoms with Gasteiger partial charge in [-0.2, -0.15) is 0 Å². The number of likely N-dealkylation sites (N-methyl/N-ethyl adjacent to an activating group) is 1. The number of nitrogens with one attached hydrogen (secondary N) is 1. The molecule has 0 aliphatic rings. The molecule has 0 saturated heterocycles. The molecule has 20 heavy (non-hydrogen) atoms. The van der Waals surface area contributed by atoms with Crippen molar-refractivity contribution in [1.29, 1.82) is 0 Å². The molecule has 108 valence electrons. The Bertz CT molecular complexity index is 574. The van der Waals surface area contributed by atoms with E-state index in [-0.39, 0.29) is 5.91 Å². The van der Waals surface area contributed by atoms with E-state index in [9.17, 15) is 4.79 Å². The van der Waals surface area contributed by atoms with Crippen LogP contribution in [-0.2, 0) is 11.2 Å². The lowest BCUT2D eigenvalue weighted by molar-refractivity contribution is -0.129. The minimum absolute atomic E-state index is 0.175. The molecule has 0 bridgehead atoms. The monoisotopic (exact) mass is 273 g/mol. The summed E-state index contributed by atoms with van der Waals surface area (Å²) in [6.45, 7) is 1.81. The van der Waals surface area contributed by atoms with Crippen molar-refractivity contribution in [3.05, 3.63) is 36.0 Å². The second-order valence-corrected chi connectivity index (χ2v) is 5.51. The predicted molar refractivity (Wildman–Crippen MR) is 82.8 cm³/mol.